The Bertz CT molecular complexity index is 735. The van der Waals surface area contributed by atoms with Crippen LogP contribution in [-0.4, -0.2) is 23.8 Å². The molecule has 1 aromatic carbocycles. The zero-order chi connectivity index (χ0) is 16.0. The van der Waals surface area contributed by atoms with Crippen LogP contribution in [0.1, 0.15) is 17.5 Å². The normalized spacial score (nSPS) is 11.9. The molecule has 5 nitrogen and oxygen atoms in total. The van der Waals surface area contributed by atoms with Crippen LogP contribution >= 0.6 is 0 Å². The van der Waals surface area contributed by atoms with Crippen LogP contribution in [0.25, 0.3) is 12.2 Å². The predicted octanol–water partition coefficient (Wildman–Crippen LogP) is 1.79. The molecule has 0 atom stereocenters. The van der Waals surface area contributed by atoms with Gasteiger partial charge < -0.3 is 9.66 Å². The lowest BCUT2D eigenvalue weighted by Crippen LogP contribution is -2.33. The van der Waals surface area contributed by atoms with Crippen molar-refractivity contribution in [3.63, 3.8) is 0 Å². The van der Waals surface area contributed by atoms with Crippen LogP contribution < -0.4 is 4.57 Å². The SMILES string of the molecule is O=S(=O)([O-])CCC[n+]1ccc(/C=C/c2ccc(O)cc2)cc1. The average molecular weight is 319 g/mol. The molecule has 0 unspecified atom stereocenters. The van der Waals surface area contributed by atoms with Crippen molar-refractivity contribution in [3.05, 3.63) is 59.9 Å². The molecule has 0 saturated heterocycles. The number of phenols is 1. The van der Waals surface area contributed by atoms with Crippen molar-refractivity contribution in [1.82, 2.24) is 0 Å². The molecule has 116 valence electrons. The number of rotatable bonds is 6. The summed E-state index contributed by atoms with van der Waals surface area (Å²) in [5.74, 6) is -0.110. The number of pyridine rings is 1. The summed E-state index contributed by atoms with van der Waals surface area (Å²) in [5, 5.41) is 9.21. The Hall–Kier alpha value is -2.18. The van der Waals surface area contributed by atoms with E-state index in [0.717, 1.165) is 11.1 Å². The van der Waals surface area contributed by atoms with Crippen molar-refractivity contribution in [2.24, 2.45) is 0 Å². The first-order valence-electron chi connectivity index (χ1n) is 6.82. The van der Waals surface area contributed by atoms with Crippen LogP contribution in [0.15, 0.2) is 48.8 Å². The molecule has 0 saturated carbocycles. The lowest BCUT2D eigenvalue weighted by molar-refractivity contribution is -0.696. The molecule has 1 aromatic heterocycles. The van der Waals surface area contributed by atoms with Gasteiger partial charge in [-0.2, -0.15) is 0 Å². The summed E-state index contributed by atoms with van der Waals surface area (Å²) in [6, 6.07) is 10.7. The molecule has 0 spiro atoms. The van der Waals surface area contributed by atoms with Crippen molar-refractivity contribution < 1.29 is 22.6 Å². The largest absolute Gasteiger partial charge is 0.748 e. The Balaban J connectivity index is 1.92. The highest BCUT2D eigenvalue weighted by Gasteiger charge is 2.02. The minimum absolute atomic E-state index is 0.234. The number of aromatic nitrogens is 1. The van der Waals surface area contributed by atoms with Crippen molar-refractivity contribution >= 4 is 22.3 Å². The summed E-state index contributed by atoms with van der Waals surface area (Å²) in [6.45, 7) is 0.490. The Morgan fingerprint density at radius 1 is 1.00 bits per heavy atom. The molecule has 22 heavy (non-hydrogen) atoms. The molecule has 1 N–H and O–H groups in total. The highest BCUT2D eigenvalue weighted by molar-refractivity contribution is 7.85. The van der Waals surface area contributed by atoms with Gasteiger partial charge in [0.2, 0.25) is 0 Å². The first-order valence-corrected chi connectivity index (χ1v) is 8.40. The monoisotopic (exact) mass is 319 g/mol. The maximum atomic E-state index is 10.5. The van der Waals surface area contributed by atoms with Crippen LogP contribution in [0.2, 0.25) is 0 Å². The van der Waals surface area contributed by atoms with E-state index in [9.17, 15) is 18.1 Å². The molecule has 0 radical (unpaired) electrons. The molecular formula is C16H17NO4S. The van der Waals surface area contributed by atoms with E-state index in [0.29, 0.717) is 13.0 Å². The van der Waals surface area contributed by atoms with Crippen LogP contribution in [-0.2, 0) is 16.7 Å². The minimum Gasteiger partial charge on any atom is -0.748 e. The summed E-state index contributed by atoms with van der Waals surface area (Å²) in [4.78, 5) is 0. The van der Waals surface area contributed by atoms with Gasteiger partial charge in [0.25, 0.3) is 0 Å². The van der Waals surface area contributed by atoms with Crippen molar-refractivity contribution in [2.75, 3.05) is 5.75 Å². The zero-order valence-electron chi connectivity index (χ0n) is 11.9. The van der Waals surface area contributed by atoms with Gasteiger partial charge in [0.05, 0.1) is 10.1 Å². The Kier molecular flexibility index (Phi) is 5.30. The van der Waals surface area contributed by atoms with E-state index in [-0.39, 0.29) is 11.5 Å². The van der Waals surface area contributed by atoms with E-state index >= 15 is 0 Å². The van der Waals surface area contributed by atoms with Gasteiger partial charge >= 0.3 is 0 Å². The van der Waals surface area contributed by atoms with E-state index < -0.39 is 10.1 Å². The van der Waals surface area contributed by atoms with Gasteiger partial charge in [-0.15, -0.1) is 0 Å². The summed E-state index contributed by atoms with van der Waals surface area (Å²) in [6.07, 6.45) is 7.86. The Morgan fingerprint density at radius 2 is 1.55 bits per heavy atom. The molecule has 0 fully saturated rings. The van der Waals surface area contributed by atoms with Crippen molar-refractivity contribution in [1.29, 1.82) is 0 Å². The second-order valence-corrected chi connectivity index (χ2v) is 6.43. The molecule has 2 rings (SSSR count). The van der Waals surface area contributed by atoms with Crippen LogP contribution in [0.4, 0.5) is 0 Å². The molecule has 0 aliphatic rings. The third-order valence-corrected chi connectivity index (χ3v) is 3.88. The van der Waals surface area contributed by atoms with Crippen LogP contribution in [0.3, 0.4) is 0 Å². The fourth-order valence-electron chi connectivity index (χ4n) is 1.93. The smallest absolute Gasteiger partial charge is 0.169 e. The second-order valence-electron chi connectivity index (χ2n) is 4.91. The number of benzene rings is 1. The third kappa shape index (κ3) is 5.67. The molecule has 1 heterocycles. The quantitative estimate of drug-likeness (QED) is 0.650. The molecule has 2 aromatic rings. The molecular weight excluding hydrogens is 302 g/mol. The van der Waals surface area contributed by atoms with E-state index in [4.69, 9.17) is 0 Å². The molecule has 0 aliphatic carbocycles. The standard InChI is InChI=1S/C16H17NO4S/c18-16-6-4-14(5-7-16)2-3-15-8-11-17(12-9-15)10-1-13-22(19,20)21/h2-9,11-12H,1,10,13H2,(H,19,20,21). The van der Waals surface area contributed by atoms with Crippen LogP contribution in [0, 0.1) is 0 Å². The van der Waals surface area contributed by atoms with Gasteiger partial charge in [-0.1, -0.05) is 24.3 Å². The van der Waals surface area contributed by atoms with E-state index in [1.54, 1.807) is 12.1 Å². The molecule has 0 bridgehead atoms. The van der Waals surface area contributed by atoms with E-state index in [2.05, 4.69) is 0 Å². The second kappa shape index (κ2) is 7.20. The third-order valence-electron chi connectivity index (χ3n) is 3.09. The number of hydrogen-bond acceptors (Lipinski definition) is 4. The van der Waals surface area contributed by atoms with Gasteiger partial charge in [0.1, 0.15) is 12.3 Å². The number of phenolic OH excluding ortho intramolecular Hbond substituents is 1. The maximum Gasteiger partial charge on any atom is 0.169 e. The summed E-state index contributed by atoms with van der Waals surface area (Å²) in [7, 11) is -4.14. The predicted molar refractivity (Wildman–Crippen MR) is 82.9 cm³/mol. The molecule has 0 aliphatic heterocycles. The zero-order valence-corrected chi connectivity index (χ0v) is 12.7. The summed E-state index contributed by atoms with van der Waals surface area (Å²) in [5.41, 5.74) is 1.98. The van der Waals surface area contributed by atoms with Crippen LogP contribution in [0.5, 0.6) is 5.75 Å². The molecule has 0 amide bonds. The lowest BCUT2D eigenvalue weighted by atomic mass is 10.1. The fraction of sp³-hybridized carbons (Fsp3) is 0.188. The van der Waals surface area contributed by atoms with Gasteiger partial charge in [-0.05, 0) is 23.3 Å². The highest BCUT2D eigenvalue weighted by atomic mass is 32.2. The van der Waals surface area contributed by atoms with Crippen molar-refractivity contribution in [2.45, 2.75) is 13.0 Å². The van der Waals surface area contributed by atoms with Gasteiger partial charge in [0.15, 0.2) is 12.4 Å². The molecule has 6 heteroatoms. The van der Waals surface area contributed by atoms with Gasteiger partial charge in [-0.25, -0.2) is 13.0 Å². The Labute approximate surface area is 129 Å². The number of aryl methyl sites for hydroxylation is 1. The minimum atomic E-state index is -4.14. The number of nitrogens with zero attached hydrogens (tertiary/aromatic N) is 1. The first-order chi connectivity index (χ1) is 10.4. The fourth-order valence-corrected chi connectivity index (χ4v) is 2.41. The summed E-state index contributed by atoms with van der Waals surface area (Å²) < 4.78 is 33.4. The van der Waals surface area contributed by atoms with E-state index in [1.165, 1.54) is 0 Å². The van der Waals surface area contributed by atoms with Gasteiger partial charge in [-0.3, -0.25) is 0 Å². The highest BCUT2D eigenvalue weighted by Crippen LogP contribution is 2.12. The number of hydrogen-bond donors (Lipinski definition) is 1. The number of aromatic hydroxyl groups is 1. The van der Waals surface area contributed by atoms with Gasteiger partial charge in [0, 0.05) is 24.3 Å². The average Bonchev–Trinajstić information content (AvgIpc) is 2.47. The summed E-state index contributed by atoms with van der Waals surface area (Å²) >= 11 is 0. The van der Waals surface area contributed by atoms with E-state index in [1.807, 2.05) is 53.4 Å². The maximum absolute atomic E-state index is 10.5. The topological polar surface area (TPSA) is 81.3 Å². The lowest BCUT2D eigenvalue weighted by Gasteiger charge is -2.04. The Morgan fingerprint density at radius 3 is 2.09 bits per heavy atom. The van der Waals surface area contributed by atoms with Crippen molar-refractivity contribution in [3.8, 4) is 5.75 Å². The first kappa shape index (κ1) is 16.2.